The Hall–Kier alpha value is 0.800. The molecule has 0 aromatic carbocycles. The van der Waals surface area contributed by atoms with Gasteiger partial charge >= 0.3 is 0 Å². The molecule has 0 heterocycles. The van der Waals surface area contributed by atoms with Gasteiger partial charge in [0.05, 0.1) is 0 Å². The molecule has 0 spiro atoms. The summed E-state index contributed by atoms with van der Waals surface area (Å²) >= 11 is 11.1. The van der Waals surface area contributed by atoms with Crippen LogP contribution in [0, 0.1) is 0 Å². The van der Waals surface area contributed by atoms with Crippen LogP contribution in [0.15, 0.2) is 24.3 Å². The molecule has 0 N–H and O–H groups in total. The second kappa shape index (κ2) is 3.09. The van der Waals surface area contributed by atoms with Crippen LogP contribution in [0.5, 0.6) is 0 Å². The molecule has 0 aromatic rings. The first-order valence-corrected chi connectivity index (χ1v) is 2.71. The molecule has 0 unspecified atom stereocenters. The number of hydrogen-bond acceptors (Lipinski definition) is 0. The molecule has 0 aromatic heterocycles. The van der Waals surface area contributed by atoms with E-state index < -0.39 is 4.33 Å². The molecule has 3 heteroatoms. The molecule has 0 saturated carbocycles. The zero-order chi connectivity index (χ0) is 5.33. The van der Waals surface area contributed by atoms with Crippen LogP contribution in [-0.2, 0) is 22.4 Å². The first-order valence-electron chi connectivity index (χ1n) is 1.96. The van der Waals surface area contributed by atoms with Crippen LogP contribution in [0.25, 0.3) is 0 Å². The largest absolute Gasteiger partial charge is 0.155 e. The van der Waals surface area contributed by atoms with E-state index in [1.807, 2.05) is 12.2 Å². The van der Waals surface area contributed by atoms with Crippen molar-refractivity contribution < 1.29 is 22.4 Å². The smallest absolute Gasteiger partial charge is 0.0923 e. The third-order valence-electron chi connectivity index (χ3n) is 0.748. The molecule has 0 atom stereocenters. The zero-order valence-corrected chi connectivity index (χ0v) is 7.72. The van der Waals surface area contributed by atoms with Crippen molar-refractivity contribution in [3.05, 3.63) is 24.3 Å². The average Bonchev–Trinajstić information content (AvgIpc) is 1.84. The molecule has 43 valence electrons. The van der Waals surface area contributed by atoms with Gasteiger partial charge in [-0.05, 0) is 12.2 Å². The standard InChI is InChI=1S/C5H4Cl2.Nb/c6-5(7)3-1-2-4-5;/h1-4H;. The number of hydrogen-bond donors (Lipinski definition) is 0. The summed E-state index contributed by atoms with van der Waals surface area (Å²) in [7, 11) is 0. The van der Waals surface area contributed by atoms with E-state index >= 15 is 0 Å². The summed E-state index contributed by atoms with van der Waals surface area (Å²) in [6.45, 7) is 0. The first-order chi connectivity index (χ1) is 3.21. The predicted octanol–water partition coefficient (Wildman–Crippen LogP) is 2.28. The van der Waals surface area contributed by atoms with E-state index in [0.29, 0.717) is 0 Å². The van der Waals surface area contributed by atoms with Crippen molar-refractivity contribution in [2.75, 3.05) is 0 Å². The van der Waals surface area contributed by atoms with Crippen molar-refractivity contribution in [3.63, 3.8) is 0 Å². The van der Waals surface area contributed by atoms with Gasteiger partial charge in [0.25, 0.3) is 0 Å². The topological polar surface area (TPSA) is 0 Å². The molecule has 0 aliphatic heterocycles. The minimum Gasteiger partial charge on any atom is -0.0923 e. The molecule has 1 aliphatic rings. The third kappa shape index (κ3) is 2.38. The van der Waals surface area contributed by atoms with Crippen LogP contribution in [0.3, 0.4) is 0 Å². The van der Waals surface area contributed by atoms with Crippen LogP contribution in [0.2, 0.25) is 0 Å². The van der Waals surface area contributed by atoms with E-state index in [2.05, 4.69) is 0 Å². The Bertz CT molecular complexity index is 112. The third-order valence-corrected chi connectivity index (χ3v) is 1.25. The monoisotopic (exact) mass is 227 g/mol. The number of rotatable bonds is 0. The van der Waals surface area contributed by atoms with E-state index in [1.165, 1.54) is 0 Å². The minimum atomic E-state index is -0.722. The van der Waals surface area contributed by atoms with Crippen molar-refractivity contribution in [3.8, 4) is 0 Å². The average molecular weight is 228 g/mol. The molecule has 1 rings (SSSR count). The molecule has 8 heavy (non-hydrogen) atoms. The molecule has 0 fully saturated rings. The van der Waals surface area contributed by atoms with Gasteiger partial charge in [0.1, 0.15) is 0 Å². The van der Waals surface area contributed by atoms with Crippen LogP contribution in [0.1, 0.15) is 0 Å². The van der Waals surface area contributed by atoms with E-state index in [-0.39, 0.29) is 22.4 Å². The summed E-state index contributed by atoms with van der Waals surface area (Å²) in [6.07, 6.45) is 7.08. The Morgan fingerprint density at radius 2 is 1.38 bits per heavy atom. The minimum absolute atomic E-state index is 0. The van der Waals surface area contributed by atoms with Gasteiger partial charge in [0.15, 0.2) is 4.33 Å². The van der Waals surface area contributed by atoms with Crippen molar-refractivity contribution in [2.45, 2.75) is 4.33 Å². The second-order valence-electron chi connectivity index (χ2n) is 1.39. The maximum atomic E-state index is 5.56. The fourth-order valence-electron chi connectivity index (χ4n) is 0.423. The Labute approximate surface area is 74.1 Å². The Morgan fingerprint density at radius 1 is 1.00 bits per heavy atom. The van der Waals surface area contributed by atoms with Crippen LogP contribution in [-0.4, -0.2) is 4.33 Å². The summed E-state index contributed by atoms with van der Waals surface area (Å²) in [6, 6.07) is 0. The Morgan fingerprint density at radius 3 is 1.50 bits per heavy atom. The number of allylic oxidation sites excluding steroid dienone is 4. The van der Waals surface area contributed by atoms with Gasteiger partial charge in [-0.2, -0.15) is 0 Å². The Kier molecular flexibility index (Phi) is 3.40. The first kappa shape index (κ1) is 8.80. The predicted molar refractivity (Wildman–Crippen MR) is 32.7 cm³/mol. The fraction of sp³-hybridized carbons (Fsp3) is 0.200. The van der Waals surface area contributed by atoms with Crippen molar-refractivity contribution in [1.29, 1.82) is 0 Å². The molecular formula is C5H4Cl2Nb. The normalized spacial score (nSPS) is 20.8. The van der Waals surface area contributed by atoms with Gasteiger partial charge in [-0.25, -0.2) is 0 Å². The van der Waals surface area contributed by atoms with Gasteiger partial charge in [-0.15, -0.1) is 0 Å². The van der Waals surface area contributed by atoms with Gasteiger partial charge in [-0.1, -0.05) is 35.4 Å². The zero-order valence-electron chi connectivity index (χ0n) is 4.01. The van der Waals surface area contributed by atoms with Crippen LogP contribution < -0.4 is 0 Å². The summed E-state index contributed by atoms with van der Waals surface area (Å²) in [5, 5.41) is 0. The summed E-state index contributed by atoms with van der Waals surface area (Å²) in [4.78, 5) is 0. The fourth-order valence-corrected chi connectivity index (χ4v) is 0.714. The van der Waals surface area contributed by atoms with E-state index in [1.54, 1.807) is 12.2 Å². The second-order valence-corrected chi connectivity index (χ2v) is 2.84. The van der Waals surface area contributed by atoms with Crippen molar-refractivity contribution in [1.82, 2.24) is 0 Å². The van der Waals surface area contributed by atoms with E-state index in [0.717, 1.165) is 0 Å². The summed E-state index contributed by atoms with van der Waals surface area (Å²) in [5.41, 5.74) is 0. The molecule has 0 bridgehead atoms. The summed E-state index contributed by atoms with van der Waals surface area (Å²) < 4.78 is -0.722. The van der Waals surface area contributed by atoms with Gasteiger partial charge in [-0.3, -0.25) is 0 Å². The summed E-state index contributed by atoms with van der Waals surface area (Å²) in [5.74, 6) is 0. The number of halogens is 2. The molecule has 1 radical (unpaired) electrons. The van der Waals surface area contributed by atoms with E-state index in [9.17, 15) is 0 Å². The Balaban J connectivity index is 0.000000490. The van der Waals surface area contributed by atoms with Gasteiger partial charge in [0, 0.05) is 22.4 Å². The molecule has 1 aliphatic carbocycles. The van der Waals surface area contributed by atoms with E-state index in [4.69, 9.17) is 23.2 Å². The molecule has 0 amide bonds. The SMILES string of the molecule is ClC1(Cl)C=CC=C1.[Nb]. The van der Waals surface area contributed by atoms with Crippen molar-refractivity contribution >= 4 is 23.2 Å². The van der Waals surface area contributed by atoms with Gasteiger partial charge < -0.3 is 0 Å². The maximum absolute atomic E-state index is 5.56. The molecule has 0 saturated heterocycles. The molecule has 0 nitrogen and oxygen atoms in total. The number of alkyl halides is 2. The maximum Gasteiger partial charge on any atom is 0.155 e. The van der Waals surface area contributed by atoms with Crippen LogP contribution >= 0.6 is 23.2 Å². The molecular weight excluding hydrogens is 224 g/mol. The van der Waals surface area contributed by atoms with Crippen molar-refractivity contribution in [2.24, 2.45) is 0 Å². The van der Waals surface area contributed by atoms with Gasteiger partial charge in [0.2, 0.25) is 0 Å². The van der Waals surface area contributed by atoms with Crippen LogP contribution in [0.4, 0.5) is 0 Å². The quantitative estimate of drug-likeness (QED) is 0.440.